The van der Waals surface area contributed by atoms with Crippen LogP contribution in [0.4, 0.5) is 5.69 Å². The summed E-state index contributed by atoms with van der Waals surface area (Å²) in [7, 11) is 0. The molecule has 4 heteroatoms. The highest BCUT2D eigenvalue weighted by Gasteiger charge is 2.01. The van der Waals surface area contributed by atoms with Gasteiger partial charge in [-0.25, -0.2) is 4.79 Å². The predicted molar refractivity (Wildman–Crippen MR) is 67.7 cm³/mol. The molecule has 1 rings (SSSR count). The predicted octanol–water partition coefficient (Wildman–Crippen LogP) is 2.70. The third-order valence-corrected chi connectivity index (χ3v) is 3.27. The summed E-state index contributed by atoms with van der Waals surface area (Å²) in [5.74, 6) is -0.269. The van der Waals surface area contributed by atoms with Gasteiger partial charge in [-0.3, -0.25) is 0 Å². The molecule has 0 saturated heterocycles. The van der Waals surface area contributed by atoms with Crippen LogP contribution >= 0.6 is 11.8 Å². The first-order valence-electron chi connectivity index (χ1n) is 4.88. The Morgan fingerprint density at radius 1 is 1.56 bits per heavy atom. The Bertz CT molecular complexity index is 427. The Hall–Kier alpha value is -1.42. The quantitative estimate of drug-likeness (QED) is 0.480. The number of nitrogen functional groups attached to an aromatic ring is 1. The molecule has 0 aliphatic heterocycles. The maximum absolute atomic E-state index is 10.4. The van der Waals surface area contributed by atoms with Crippen LogP contribution in [0.15, 0.2) is 34.7 Å². The monoisotopic (exact) mass is 237 g/mol. The summed E-state index contributed by atoms with van der Waals surface area (Å²) in [6.45, 7) is 3.78. The number of nitrogens with two attached hydrogens (primary N) is 1. The molecule has 16 heavy (non-hydrogen) atoms. The van der Waals surface area contributed by atoms with Gasteiger partial charge in [0.1, 0.15) is 0 Å². The number of benzene rings is 1. The van der Waals surface area contributed by atoms with Crippen molar-refractivity contribution in [3.8, 4) is 0 Å². The van der Waals surface area contributed by atoms with Gasteiger partial charge in [0.25, 0.3) is 0 Å². The van der Waals surface area contributed by atoms with Gasteiger partial charge in [-0.05, 0) is 31.5 Å². The zero-order chi connectivity index (χ0) is 12.1. The Labute approximate surface area is 99.4 Å². The largest absolute Gasteiger partial charge is 0.478 e. The summed E-state index contributed by atoms with van der Waals surface area (Å²) in [6, 6.07) is 5.87. The van der Waals surface area contributed by atoms with Crippen molar-refractivity contribution < 1.29 is 9.90 Å². The zero-order valence-corrected chi connectivity index (χ0v) is 10.2. The van der Waals surface area contributed by atoms with Gasteiger partial charge in [0.05, 0.1) is 0 Å². The summed E-state index contributed by atoms with van der Waals surface area (Å²) >= 11 is 1.55. The molecular formula is C12H15NO2S. The molecule has 1 aromatic carbocycles. The molecule has 0 heterocycles. The van der Waals surface area contributed by atoms with E-state index < -0.39 is 5.97 Å². The van der Waals surface area contributed by atoms with Crippen LogP contribution in [0.3, 0.4) is 0 Å². The Balaban J connectivity index is 2.65. The average molecular weight is 237 g/mol. The third-order valence-electron chi connectivity index (χ3n) is 1.99. The summed E-state index contributed by atoms with van der Waals surface area (Å²) < 4.78 is 0. The van der Waals surface area contributed by atoms with Gasteiger partial charge in [0.15, 0.2) is 0 Å². The van der Waals surface area contributed by atoms with Crippen LogP contribution in [0, 0.1) is 6.92 Å². The molecule has 86 valence electrons. The van der Waals surface area contributed by atoms with Crippen molar-refractivity contribution in [2.75, 3.05) is 11.5 Å². The number of thioether (sulfide) groups is 1. The van der Waals surface area contributed by atoms with Crippen LogP contribution in [-0.4, -0.2) is 16.8 Å². The molecule has 3 N–H and O–H groups in total. The van der Waals surface area contributed by atoms with Crippen LogP contribution in [-0.2, 0) is 4.79 Å². The van der Waals surface area contributed by atoms with E-state index >= 15 is 0 Å². The number of aryl methyl sites for hydroxylation is 1. The Kier molecular flexibility index (Phi) is 4.43. The fraction of sp³-hybridized carbons (Fsp3) is 0.250. The second kappa shape index (κ2) is 5.61. The molecule has 0 atom stereocenters. The molecule has 0 saturated carbocycles. The SMILES string of the molecule is CC(=CC(=O)O)CSc1ccc(C)cc1N. The van der Waals surface area contributed by atoms with Gasteiger partial charge in [-0.2, -0.15) is 0 Å². The highest BCUT2D eigenvalue weighted by molar-refractivity contribution is 7.99. The highest BCUT2D eigenvalue weighted by atomic mass is 32.2. The van der Waals surface area contributed by atoms with Crippen molar-refractivity contribution in [2.24, 2.45) is 0 Å². The van der Waals surface area contributed by atoms with E-state index in [1.807, 2.05) is 25.1 Å². The van der Waals surface area contributed by atoms with Gasteiger partial charge < -0.3 is 10.8 Å². The number of rotatable bonds is 4. The normalized spacial score (nSPS) is 11.5. The minimum absolute atomic E-state index is 0.638. The molecule has 0 aromatic heterocycles. The summed E-state index contributed by atoms with van der Waals surface area (Å²) in [5.41, 5.74) is 8.54. The van der Waals surface area contributed by atoms with Crippen molar-refractivity contribution >= 4 is 23.4 Å². The summed E-state index contributed by atoms with van der Waals surface area (Å²) in [5, 5.41) is 8.56. The zero-order valence-electron chi connectivity index (χ0n) is 9.36. The van der Waals surface area contributed by atoms with E-state index in [9.17, 15) is 4.79 Å². The molecule has 0 bridgehead atoms. The highest BCUT2D eigenvalue weighted by Crippen LogP contribution is 2.27. The number of hydrogen-bond donors (Lipinski definition) is 2. The number of carboxylic acids is 1. The number of hydrogen-bond acceptors (Lipinski definition) is 3. The van der Waals surface area contributed by atoms with E-state index in [-0.39, 0.29) is 0 Å². The van der Waals surface area contributed by atoms with Crippen LogP contribution in [0.5, 0.6) is 0 Å². The standard InChI is InChI=1S/C12H15NO2S/c1-8-3-4-11(10(13)5-8)16-7-9(2)6-12(14)15/h3-6H,7,13H2,1-2H3,(H,14,15). The lowest BCUT2D eigenvalue weighted by atomic mass is 10.2. The maximum Gasteiger partial charge on any atom is 0.328 e. The van der Waals surface area contributed by atoms with Crippen LogP contribution in [0.1, 0.15) is 12.5 Å². The molecule has 0 aliphatic rings. The lowest BCUT2D eigenvalue weighted by Gasteiger charge is -2.06. The maximum atomic E-state index is 10.4. The van der Waals surface area contributed by atoms with E-state index in [2.05, 4.69) is 0 Å². The second-order valence-corrected chi connectivity index (χ2v) is 4.68. The minimum Gasteiger partial charge on any atom is -0.478 e. The molecular weight excluding hydrogens is 222 g/mol. The van der Waals surface area contributed by atoms with Crippen molar-refractivity contribution in [3.05, 3.63) is 35.4 Å². The average Bonchev–Trinajstić information content (AvgIpc) is 2.15. The van der Waals surface area contributed by atoms with Gasteiger partial charge in [-0.1, -0.05) is 11.6 Å². The fourth-order valence-electron chi connectivity index (χ4n) is 1.24. The van der Waals surface area contributed by atoms with Crippen molar-refractivity contribution in [3.63, 3.8) is 0 Å². The van der Waals surface area contributed by atoms with Crippen LogP contribution in [0.2, 0.25) is 0 Å². The molecule has 0 amide bonds. The first-order chi connectivity index (χ1) is 7.49. The topological polar surface area (TPSA) is 63.3 Å². The van der Waals surface area contributed by atoms with Gasteiger partial charge in [0, 0.05) is 22.4 Å². The molecule has 0 spiro atoms. The van der Waals surface area contributed by atoms with Crippen molar-refractivity contribution in [2.45, 2.75) is 18.7 Å². The summed E-state index contributed by atoms with van der Waals surface area (Å²) in [6.07, 6.45) is 1.22. The Morgan fingerprint density at radius 3 is 2.81 bits per heavy atom. The van der Waals surface area contributed by atoms with Gasteiger partial charge in [-0.15, -0.1) is 11.8 Å². The first-order valence-corrected chi connectivity index (χ1v) is 5.86. The number of aliphatic carboxylic acids is 1. The summed E-state index contributed by atoms with van der Waals surface area (Å²) in [4.78, 5) is 11.4. The molecule has 1 aromatic rings. The van der Waals surface area contributed by atoms with E-state index in [0.717, 1.165) is 21.7 Å². The van der Waals surface area contributed by atoms with Gasteiger partial charge in [0.2, 0.25) is 0 Å². The lowest BCUT2D eigenvalue weighted by molar-refractivity contribution is -0.131. The van der Waals surface area contributed by atoms with E-state index in [0.29, 0.717) is 5.75 Å². The molecule has 3 nitrogen and oxygen atoms in total. The van der Waals surface area contributed by atoms with E-state index in [1.54, 1.807) is 18.7 Å². The molecule has 0 unspecified atom stereocenters. The molecule has 0 fully saturated rings. The van der Waals surface area contributed by atoms with Crippen LogP contribution in [0.25, 0.3) is 0 Å². The van der Waals surface area contributed by atoms with Gasteiger partial charge >= 0.3 is 5.97 Å². The molecule has 0 aliphatic carbocycles. The number of carboxylic acid groups (broad SMARTS) is 1. The van der Waals surface area contributed by atoms with Crippen LogP contribution < -0.4 is 5.73 Å². The van der Waals surface area contributed by atoms with Crippen molar-refractivity contribution in [1.29, 1.82) is 0 Å². The van der Waals surface area contributed by atoms with E-state index in [4.69, 9.17) is 10.8 Å². The first kappa shape index (κ1) is 12.6. The second-order valence-electron chi connectivity index (χ2n) is 3.66. The number of carbonyl (C=O) groups is 1. The smallest absolute Gasteiger partial charge is 0.328 e. The number of anilines is 1. The Morgan fingerprint density at radius 2 is 2.25 bits per heavy atom. The third kappa shape index (κ3) is 3.98. The van der Waals surface area contributed by atoms with E-state index in [1.165, 1.54) is 6.08 Å². The van der Waals surface area contributed by atoms with Crippen molar-refractivity contribution in [1.82, 2.24) is 0 Å². The molecule has 0 radical (unpaired) electrons. The fourth-order valence-corrected chi connectivity index (χ4v) is 2.10. The lowest BCUT2D eigenvalue weighted by Crippen LogP contribution is -1.93. The minimum atomic E-state index is -0.907.